The van der Waals surface area contributed by atoms with Gasteiger partial charge < -0.3 is 15.7 Å². The summed E-state index contributed by atoms with van der Waals surface area (Å²) in [5.41, 5.74) is 1.44. The van der Waals surface area contributed by atoms with Crippen molar-refractivity contribution >= 4 is 30.4 Å². The van der Waals surface area contributed by atoms with E-state index in [1.807, 2.05) is 56.3 Å². The van der Waals surface area contributed by atoms with Crippen LogP contribution in [0.4, 0.5) is 0 Å². The lowest BCUT2D eigenvalue weighted by atomic mass is 9.94. The number of amides is 2. The first-order valence-corrected chi connectivity index (χ1v) is 11.8. The van der Waals surface area contributed by atoms with Crippen molar-refractivity contribution in [1.82, 2.24) is 15.6 Å². The van der Waals surface area contributed by atoms with E-state index in [4.69, 9.17) is 0 Å². The number of benzene rings is 1. The molecule has 0 spiro atoms. The Morgan fingerprint density at radius 2 is 1.76 bits per heavy atom. The maximum Gasteiger partial charge on any atom is 0.326 e. The number of carbonyl (C=O) groups excluding carboxylic acids is 2. The largest absolute Gasteiger partial charge is 0.480 e. The molecule has 0 saturated heterocycles. The number of rotatable bonds is 9. The summed E-state index contributed by atoms with van der Waals surface area (Å²) in [5.74, 6) is -1.86. The summed E-state index contributed by atoms with van der Waals surface area (Å²) >= 11 is 4.36. The van der Waals surface area contributed by atoms with E-state index in [0.717, 1.165) is 29.7 Å². The molecule has 176 valence electrons. The number of aromatic nitrogens is 1. The summed E-state index contributed by atoms with van der Waals surface area (Å²) in [7, 11) is 0. The fraction of sp³-hybridized carbons (Fsp3) is 0.440. The Morgan fingerprint density at radius 1 is 1.09 bits per heavy atom. The average molecular weight is 470 g/mol. The van der Waals surface area contributed by atoms with E-state index in [9.17, 15) is 19.5 Å². The van der Waals surface area contributed by atoms with E-state index in [1.165, 1.54) is 0 Å². The average Bonchev–Trinajstić information content (AvgIpc) is 3.28. The molecule has 2 amide bonds. The first-order valence-electron chi connectivity index (χ1n) is 11.3. The Bertz CT molecular complexity index is 973. The molecule has 3 N–H and O–H groups in total. The lowest BCUT2D eigenvalue weighted by molar-refractivity contribution is -0.143. The Labute approximate surface area is 199 Å². The molecule has 1 aromatic heterocycles. The van der Waals surface area contributed by atoms with Gasteiger partial charge in [0, 0.05) is 18.2 Å². The summed E-state index contributed by atoms with van der Waals surface area (Å²) in [6.07, 6.45) is 4.39. The van der Waals surface area contributed by atoms with E-state index < -0.39 is 28.7 Å². The number of hydrogen-bond donors (Lipinski definition) is 4. The molecular weight excluding hydrogens is 438 g/mol. The van der Waals surface area contributed by atoms with Crippen molar-refractivity contribution in [3.05, 3.63) is 54.2 Å². The molecule has 3 rings (SSSR count). The Balaban J connectivity index is 1.71. The molecule has 33 heavy (non-hydrogen) atoms. The third-order valence-corrected chi connectivity index (χ3v) is 6.94. The van der Waals surface area contributed by atoms with Gasteiger partial charge in [-0.2, -0.15) is 12.6 Å². The van der Waals surface area contributed by atoms with Crippen molar-refractivity contribution in [2.24, 2.45) is 5.92 Å². The van der Waals surface area contributed by atoms with E-state index in [1.54, 1.807) is 6.20 Å². The Hall–Kier alpha value is -2.87. The van der Waals surface area contributed by atoms with Gasteiger partial charge in [-0.25, -0.2) is 4.79 Å². The van der Waals surface area contributed by atoms with E-state index in [0.29, 0.717) is 12.8 Å². The minimum absolute atomic E-state index is 0.00988. The van der Waals surface area contributed by atoms with Crippen LogP contribution in [0.1, 0.15) is 45.1 Å². The van der Waals surface area contributed by atoms with Gasteiger partial charge in [0.15, 0.2) is 0 Å². The van der Waals surface area contributed by atoms with Gasteiger partial charge in [0.1, 0.15) is 11.6 Å². The van der Waals surface area contributed by atoms with Gasteiger partial charge in [0.05, 0.1) is 10.9 Å². The van der Waals surface area contributed by atoms with E-state index >= 15 is 0 Å². The highest BCUT2D eigenvalue weighted by molar-refractivity contribution is 7.81. The number of nitrogens with one attached hydrogen (secondary N) is 2. The molecule has 2 aromatic rings. The predicted molar refractivity (Wildman–Crippen MR) is 130 cm³/mol. The van der Waals surface area contributed by atoms with Gasteiger partial charge in [-0.1, -0.05) is 57.0 Å². The van der Waals surface area contributed by atoms with Crippen LogP contribution >= 0.6 is 12.6 Å². The Morgan fingerprint density at radius 3 is 2.30 bits per heavy atom. The molecule has 1 fully saturated rings. The van der Waals surface area contributed by atoms with Crippen LogP contribution in [-0.2, 0) is 20.8 Å². The smallest absolute Gasteiger partial charge is 0.326 e. The fourth-order valence-corrected chi connectivity index (χ4v) is 4.14. The number of pyridine rings is 1. The first-order chi connectivity index (χ1) is 15.7. The molecule has 0 unspecified atom stereocenters. The molecule has 2 atom stereocenters. The molecule has 0 aliphatic heterocycles. The Kier molecular flexibility index (Phi) is 8.13. The van der Waals surface area contributed by atoms with Crippen molar-refractivity contribution in [3.63, 3.8) is 0 Å². The summed E-state index contributed by atoms with van der Waals surface area (Å²) < 4.78 is 0. The molecule has 1 aliphatic carbocycles. The van der Waals surface area contributed by atoms with Crippen molar-refractivity contribution < 1.29 is 19.5 Å². The maximum absolute atomic E-state index is 13.2. The van der Waals surface area contributed by atoms with Crippen LogP contribution in [-0.4, -0.2) is 44.7 Å². The normalized spacial score (nSPS) is 16.7. The monoisotopic (exact) mass is 469 g/mol. The molecule has 1 saturated carbocycles. The van der Waals surface area contributed by atoms with Crippen LogP contribution in [0.3, 0.4) is 0 Å². The summed E-state index contributed by atoms with van der Waals surface area (Å²) in [6, 6.07) is 12.0. The van der Waals surface area contributed by atoms with Gasteiger partial charge in [-0.15, -0.1) is 0 Å². The highest BCUT2D eigenvalue weighted by atomic mass is 32.1. The summed E-state index contributed by atoms with van der Waals surface area (Å²) in [4.78, 5) is 42.1. The first kappa shape index (κ1) is 24.8. The molecule has 1 heterocycles. The lowest BCUT2D eigenvalue weighted by Gasteiger charge is -2.32. The fourth-order valence-electron chi connectivity index (χ4n) is 4.08. The highest BCUT2D eigenvalue weighted by Crippen LogP contribution is 2.31. The topological polar surface area (TPSA) is 108 Å². The standard InChI is InChI=1S/C25H31N3O4S/c1-16(2)21(33)22(29)28-25(12-4-5-13-25)24(32)27-20(23(30)31)15-17-8-10-18(11-9-17)19-7-3-6-14-26-19/h3,6-11,14,16,20-21,33H,4-5,12-13,15H2,1-2H3,(H,27,32)(H,28,29)(H,30,31)/t20-,21-/m0/s1. The minimum atomic E-state index is -1.12. The van der Waals surface area contributed by atoms with Crippen LogP contribution in [0.5, 0.6) is 0 Å². The lowest BCUT2D eigenvalue weighted by Crippen LogP contribution is -2.61. The molecular formula is C25H31N3O4S. The zero-order valence-corrected chi connectivity index (χ0v) is 19.8. The number of carboxylic acid groups (broad SMARTS) is 1. The van der Waals surface area contributed by atoms with Crippen LogP contribution in [0.15, 0.2) is 48.7 Å². The van der Waals surface area contributed by atoms with E-state index in [2.05, 4.69) is 28.2 Å². The van der Waals surface area contributed by atoms with Gasteiger partial charge in [-0.05, 0) is 36.5 Å². The molecule has 7 nitrogen and oxygen atoms in total. The number of nitrogens with zero attached hydrogens (tertiary/aromatic N) is 1. The quantitative estimate of drug-likeness (QED) is 0.422. The molecule has 0 radical (unpaired) electrons. The molecule has 0 bridgehead atoms. The SMILES string of the molecule is CC(C)[C@H](S)C(=O)NC1(C(=O)N[C@@H](Cc2ccc(-c3ccccn3)cc2)C(=O)O)CCCC1. The number of carbonyl (C=O) groups is 3. The predicted octanol–water partition coefficient (Wildman–Crippen LogP) is 3.24. The van der Waals surface area contributed by atoms with Crippen LogP contribution in [0, 0.1) is 5.92 Å². The van der Waals surface area contributed by atoms with Crippen LogP contribution in [0.25, 0.3) is 11.3 Å². The van der Waals surface area contributed by atoms with E-state index in [-0.39, 0.29) is 18.2 Å². The van der Waals surface area contributed by atoms with Gasteiger partial charge in [0.2, 0.25) is 11.8 Å². The second kappa shape index (κ2) is 10.8. The van der Waals surface area contributed by atoms with Crippen molar-refractivity contribution in [2.45, 2.75) is 62.8 Å². The third kappa shape index (κ3) is 6.13. The molecule has 1 aromatic carbocycles. The molecule has 1 aliphatic rings. The number of hydrogen-bond acceptors (Lipinski definition) is 5. The van der Waals surface area contributed by atoms with Crippen LogP contribution < -0.4 is 10.6 Å². The second-order valence-electron chi connectivity index (χ2n) is 8.95. The van der Waals surface area contributed by atoms with Crippen LogP contribution in [0.2, 0.25) is 0 Å². The van der Waals surface area contributed by atoms with Crippen molar-refractivity contribution in [1.29, 1.82) is 0 Å². The van der Waals surface area contributed by atoms with Gasteiger partial charge in [0.25, 0.3) is 0 Å². The van der Waals surface area contributed by atoms with Gasteiger partial charge in [-0.3, -0.25) is 14.6 Å². The zero-order valence-electron chi connectivity index (χ0n) is 19.0. The maximum atomic E-state index is 13.2. The van der Waals surface area contributed by atoms with Crippen molar-refractivity contribution in [3.8, 4) is 11.3 Å². The second-order valence-corrected chi connectivity index (χ2v) is 9.50. The highest BCUT2D eigenvalue weighted by Gasteiger charge is 2.44. The third-order valence-electron chi connectivity index (χ3n) is 6.11. The minimum Gasteiger partial charge on any atom is -0.480 e. The number of thiol groups is 1. The van der Waals surface area contributed by atoms with Crippen molar-refractivity contribution in [2.75, 3.05) is 0 Å². The zero-order chi connectivity index (χ0) is 24.0. The van der Waals surface area contributed by atoms with Gasteiger partial charge >= 0.3 is 5.97 Å². The summed E-state index contributed by atoms with van der Waals surface area (Å²) in [6.45, 7) is 3.77. The molecule has 8 heteroatoms. The number of carboxylic acids is 1. The number of aliphatic carboxylic acids is 1. The summed E-state index contributed by atoms with van der Waals surface area (Å²) in [5, 5.41) is 14.8.